The van der Waals surface area contributed by atoms with Gasteiger partial charge in [0.1, 0.15) is 6.61 Å². The molecule has 0 amide bonds. The van der Waals surface area contributed by atoms with Crippen LogP contribution in [0.2, 0.25) is 0 Å². The van der Waals surface area contributed by atoms with Gasteiger partial charge in [-0.05, 0) is 64.2 Å². The zero-order valence-electron chi connectivity index (χ0n) is 34.0. The number of esters is 2. The van der Waals surface area contributed by atoms with Crippen molar-refractivity contribution in [1.29, 1.82) is 0 Å². The lowest BCUT2D eigenvalue weighted by Gasteiger charge is -2.19. The fourth-order valence-electron chi connectivity index (χ4n) is 5.78. The molecule has 0 aliphatic rings. The maximum atomic E-state index is 12.5. The van der Waals surface area contributed by atoms with Gasteiger partial charge in [0.25, 0.3) is 0 Å². The first kappa shape index (κ1) is 51.2. The standard InChI is InChI=1S/C43H80NO8P/c1-3-5-7-9-11-13-15-17-18-19-20-21-22-24-25-27-29-31-33-35-42(45)49-39-41(40-51-53(47,48)50-38-37-44)52-43(46)36-34-32-30-28-26-23-16-14-12-10-8-6-4-2/h8,10,14,16-18,41H,3-7,9,11-13,15,19-40,44H2,1-2H3,(H,47,48)/b10-8-,16-14-,18-17-. The Morgan fingerprint density at radius 1 is 0.566 bits per heavy atom. The fraction of sp³-hybridized carbons (Fsp3) is 0.814. The topological polar surface area (TPSA) is 134 Å². The Kier molecular flexibility index (Phi) is 38.6. The number of carbonyl (C=O) groups is 2. The Hall–Kier alpha value is -1.77. The van der Waals surface area contributed by atoms with Gasteiger partial charge in [0, 0.05) is 19.4 Å². The third-order valence-corrected chi connectivity index (χ3v) is 9.96. The van der Waals surface area contributed by atoms with E-state index in [4.69, 9.17) is 24.3 Å². The molecule has 2 unspecified atom stereocenters. The summed E-state index contributed by atoms with van der Waals surface area (Å²) in [4.78, 5) is 34.8. The Bertz CT molecular complexity index is 970. The number of hydrogen-bond donors (Lipinski definition) is 2. The zero-order chi connectivity index (χ0) is 38.9. The molecule has 0 saturated heterocycles. The first-order valence-electron chi connectivity index (χ1n) is 21.5. The number of phosphoric ester groups is 1. The second kappa shape index (κ2) is 39.9. The van der Waals surface area contributed by atoms with Crippen molar-refractivity contribution >= 4 is 19.8 Å². The summed E-state index contributed by atoms with van der Waals surface area (Å²) in [7, 11) is -4.38. The highest BCUT2D eigenvalue weighted by atomic mass is 31.2. The summed E-state index contributed by atoms with van der Waals surface area (Å²) >= 11 is 0. The van der Waals surface area contributed by atoms with Crippen LogP contribution in [0.15, 0.2) is 36.5 Å². The molecule has 0 heterocycles. The Balaban J connectivity index is 4.13. The van der Waals surface area contributed by atoms with Crippen LogP contribution in [0, 0.1) is 0 Å². The van der Waals surface area contributed by atoms with Crippen LogP contribution < -0.4 is 5.73 Å². The van der Waals surface area contributed by atoms with Crippen molar-refractivity contribution in [3.63, 3.8) is 0 Å². The van der Waals surface area contributed by atoms with E-state index in [-0.39, 0.29) is 38.6 Å². The van der Waals surface area contributed by atoms with Gasteiger partial charge in [0.15, 0.2) is 6.10 Å². The van der Waals surface area contributed by atoms with Gasteiger partial charge in [-0.3, -0.25) is 18.6 Å². The fourth-order valence-corrected chi connectivity index (χ4v) is 6.55. The quantitative estimate of drug-likeness (QED) is 0.0270. The van der Waals surface area contributed by atoms with E-state index in [9.17, 15) is 19.0 Å². The smallest absolute Gasteiger partial charge is 0.462 e. The molecule has 0 bridgehead atoms. The normalized spacial score (nSPS) is 13.7. The van der Waals surface area contributed by atoms with Gasteiger partial charge >= 0.3 is 19.8 Å². The van der Waals surface area contributed by atoms with Gasteiger partial charge in [0.2, 0.25) is 0 Å². The Morgan fingerprint density at radius 3 is 1.53 bits per heavy atom. The van der Waals surface area contributed by atoms with E-state index < -0.39 is 26.5 Å². The van der Waals surface area contributed by atoms with Crippen LogP contribution >= 0.6 is 7.82 Å². The minimum Gasteiger partial charge on any atom is -0.462 e. The predicted molar refractivity (Wildman–Crippen MR) is 220 cm³/mol. The number of carbonyl (C=O) groups excluding carboxylic acids is 2. The summed E-state index contributed by atoms with van der Waals surface area (Å²) in [6.07, 6.45) is 43.2. The number of ether oxygens (including phenoxy) is 2. The van der Waals surface area contributed by atoms with E-state index >= 15 is 0 Å². The molecule has 0 spiro atoms. The molecule has 0 rings (SSSR count). The van der Waals surface area contributed by atoms with E-state index in [1.165, 1.54) is 96.3 Å². The molecule has 0 aromatic carbocycles. The van der Waals surface area contributed by atoms with E-state index in [0.717, 1.165) is 64.2 Å². The Morgan fingerprint density at radius 2 is 1.02 bits per heavy atom. The van der Waals surface area contributed by atoms with Crippen LogP contribution in [-0.4, -0.2) is 49.3 Å². The molecule has 9 nitrogen and oxygen atoms in total. The van der Waals surface area contributed by atoms with Crippen molar-refractivity contribution in [2.24, 2.45) is 5.73 Å². The molecule has 310 valence electrons. The SMILES string of the molecule is CCC/C=C\C/C=C\CCCCCCCC(=O)OC(COC(=O)CCCCCCCCCCC/C=C\CCCCCCCC)COP(=O)(O)OCCN. The summed E-state index contributed by atoms with van der Waals surface area (Å²) in [6.45, 7) is 3.65. The first-order chi connectivity index (χ1) is 25.8. The number of unbranched alkanes of at least 4 members (excludes halogenated alkanes) is 21. The van der Waals surface area contributed by atoms with Crippen LogP contribution in [0.1, 0.15) is 194 Å². The van der Waals surface area contributed by atoms with Gasteiger partial charge < -0.3 is 20.1 Å². The molecule has 0 saturated carbocycles. The number of hydrogen-bond acceptors (Lipinski definition) is 8. The minimum atomic E-state index is -4.38. The highest BCUT2D eigenvalue weighted by Crippen LogP contribution is 2.43. The lowest BCUT2D eigenvalue weighted by Crippen LogP contribution is -2.29. The average molecular weight is 770 g/mol. The van der Waals surface area contributed by atoms with Gasteiger partial charge in [-0.1, -0.05) is 153 Å². The highest BCUT2D eigenvalue weighted by Gasteiger charge is 2.26. The van der Waals surface area contributed by atoms with Crippen molar-refractivity contribution in [1.82, 2.24) is 0 Å². The maximum absolute atomic E-state index is 12.5. The molecule has 0 radical (unpaired) electrons. The van der Waals surface area contributed by atoms with Crippen LogP contribution in [0.4, 0.5) is 0 Å². The first-order valence-corrected chi connectivity index (χ1v) is 23.0. The second-order valence-electron chi connectivity index (χ2n) is 14.2. The van der Waals surface area contributed by atoms with Gasteiger partial charge in [-0.15, -0.1) is 0 Å². The molecule has 53 heavy (non-hydrogen) atoms. The number of phosphoric acid groups is 1. The van der Waals surface area contributed by atoms with Crippen molar-refractivity contribution < 1.29 is 37.6 Å². The second-order valence-corrected chi connectivity index (χ2v) is 15.7. The monoisotopic (exact) mass is 770 g/mol. The van der Waals surface area contributed by atoms with Crippen molar-refractivity contribution in [2.45, 2.75) is 200 Å². The molecule has 0 aromatic heterocycles. The van der Waals surface area contributed by atoms with Crippen molar-refractivity contribution in [3.05, 3.63) is 36.5 Å². The number of nitrogens with two attached hydrogens (primary N) is 1. The molecule has 0 aliphatic carbocycles. The molecule has 0 aliphatic heterocycles. The van der Waals surface area contributed by atoms with E-state index in [0.29, 0.717) is 6.42 Å². The predicted octanol–water partition coefficient (Wildman–Crippen LogP) is 12.2. The van der Waals surface area contributed by atoms with E-state index in [2.05, 4.69) is 50.3 Å². The van der Waals surface area contributed by atoms with Crippen molar-refractivity contribution in [2.75, 3.05) is 26.4 Å². The zero-order valence-corrected chi connectivity index (χ0v) is 34.9. The summed E-state index contributed by atoms with van der Waals surface area (Å²) in [5.74, 6) is -0.846. The number of allylic oxidation sites excluding steroid dienone is 6. The molecule has 0 aromatic rings. The molecule has 10 heteroatoms. The number of rotatable bonds is 40. The van der Waals surface area contributed by atoms with Crippen LogP contribution in [0.3, 0.4) is 0 Å². The summed E-state index contributed by atoms with van der Waals surface area (Å²) in [5, 5.41) is 0. The average Bonchev–Trinajstić information content (AvgIpc) is 3.14. The van der Waals surface area contributed by atoms with E-state index in [1.54, 1.807) is 0 Å². The highest BCUT2D eigenvalue weighted by molar-refractivity contribution is 7.47. The van der Waals surface area contributed by atoms with Crippen LogP contribution in [-0.2, 0) is 32.7 Å². The summed E-state index contributed by atoms with van der Waals surface area (Å²) in [5.41, 5.74) is 5.34. The maximum Gasteiger partial charge on any atom is 0.472 e. The minimum absolute atomic E-state index is 0.0504. The Labute approximate surface area is 324 Å². The molecule has 2 atom stereocenters. The lowest BCUT2D eigenvalue weighted by molar-refractivity contribution is -0.161. The van der Waals surface area contributed by atoms with Crippen LogP contribution in [0.25, 0.3) is 0 Å². The van der Waals surface area contributed by atoms with Gasteiger partial charge in [-0.25, -0.2) is 4.57 Å². The molecule has 0 fully saturated rings. The van der Waals surface area contributed by atoms with Gasteiger partial charge in [0.05, 0.1) is 13.2 Å². The van der Waals surface area contributed by atoms with E-state index in [1.807, 2.05) is 0 Å². The van der Waals surface area contributed by atoms with Gasteiger partial charge in [-0.2, -0.15) is 0 Å². The van der Waals surface area contributed by atoms with Crippen LogP contribution in [0.5, 0.6) is 0 Å². The lowest BCUT2D eigenvalue weighted by atomic mass is 10.1. The molecular weight excluding hydrogens is 689 g/mol. The molecule has 3 N–H and O–H groups in total. The van der Waals surface area contributed by atoms with Crippen molar-refractivity contribution in [3.8, 4) is 0 Å². The third-order valence-electron chi connectivity index (χ3n) is 8.98. The largest absolute Gasteiger partial charge is 0.472 e. The summed E-state index contributed by atoms with van der Waals surface area (Å²) in [6, 6.07) is 0. The summed E-state index contributed by atoms with van der Waals surface area (Å²) < 4.78 is 32.7. The molecular formula is C43H80NO8P. The third kappa shape index (κ3) is 39.7.